The number of benzene rings is 1. The van der Waals surface area contributed by atoms with Gasteiger partial charge in [-0.2, -0.15) is 0 Å². The summed E-state index contributed by atoms with van der Waals surface area (Å²) in [4.78, 5) is 0. The minimum absolute atomic E-state index is 0.175. The van der Waals surface area contributed by atoms with Gasteiger partial charge < -0.3 is 9.30 Å². The first-order valence-electron chi connectivity index (χ1n) is 5.04. The second-order valence-electron chi connectivity index (χ2n) is 3.50. The number of ether oxygens (including phenoxy) is 1. The molecule has 80 valence electrons. The van der Waals surface area contributed by atoms with Crippen molar-refractivity contribution < 1.29 is 9.13 Å². The Kier molecular flexibility index (Phi) is 2.73. The Hall–Kier alpha value is -1.35. The third kappa shape index (κ3) is 1.75. The van der Waals surface area contributed by atoms with Crippen molar-refractivity contribution in [2.45, 2.75) is 13.5 Å². The Morgan fingerprint density at radius 2 is 2.20 bits per heavy atom. The van der Waals surface area contributed by atoms with Gasteiger partial charge in [-0.1, -0.05) is 6.07 Å². The number of aromatic nitrogens is 1. The lowest BCUT2D eigenvalue weighted by Crippen LogP contribution is -1.98. The van der Waals surface area contributed by atoms with Gasteiger partial charge in [0.15, 0.2) is 0 Å². The average Bonchev–Trinajstić information content (AvgIpc) is 2.55. The molecule has 0 radical (unpaired) electrons. The van der Waals surface area contributed by atoms with Crippen LogP contribution in [-0.4, -0.2) is 11.2 Å². The number of nitrogens with zero attached hydrogens (tertiary/aromatic N) is 1. The molecule has 2 nitrogen and oxygen atoms in total. The summed E-state index contributed by atoms with van der Waals surface area (Å²) in [5.74, 6) is -0.175. The summed E-state index contributed by atoms with van der Waals surface area (Å²) in [5.41, 5.74) is 1.90. The zero-order chi connectivity index (χ0) is 10.8. The molecule has 0 N–H and O–H groups in total. The van der Waals surface area contributed by atoms with E-state index in [1.807, 2.05) is 30.7 Å². The fourth-order valence-electron chi connectivity index (χ4n) is 1.72. The smallest absolute Gasteiger partial charge is 0.132 e. The summed E-state index contributed by atoms with van der Waals surface area (Å²) >= 11 is 0. The average molecular weight is 207 g/mol. The summed E-state index contributed by atoms with van der Waals surface area (Å²) in [6, 6.07) is 6.96. The van der Waals surface area contributed by atoms with E-state index < -0.39 is 0 Å². The summed E-state index contributed by atoms with van der Waals surface area (Å²) in [7, 11) is 1.93. The van der Waals surface area contributed by atoms with Gasteiger partial charge in [-0.05, 0) is 25.1 Å². The van der Waals surface area contributed by atoms with Crippen LogP contribution in [-0.2, 0) is 18.4 Å². The number of rotatable bonds is 3. The van der Waals surface area contributed by atoms with E-state index >= 15 is 0 Å². The molecule has 0 atom stereocenters. The predicted molar refractivity (Wildman–Crippen MR) is 58.2 cm³/mol. The van der Waals surface area contributed by atoms with Crippen LogP contribution in [0.1, 0.15) is 12.6 Å². The Morgan fingerprint density at radius 3 is 2.87 bits per heavy atom. The van der Waals surface area contributed by atoms with Crippen molar-refractivity contribution in [3.05, 3.63) is 35.8 Å². The lowest BCUT2D eigenvalue weighted by molar-refractivity contribution is 0.129. The highest BCUT2D eigenvalue weighted by molar-refractivity contribution is 5.81. The van der Waals surface area contributed by atoms with Crippen LogP contribution in [0.3, 0.4) is 0 Å². The monoisotopic (exact) mass is 207 g/mol. The topological polar surface area (TPSA) is 14.2 Å². The minimum Gasteiger partial charge on any atom is -0.376 e. The molecule has 1 aromatic carbocycles. The Morgan fingerprint density at radius 1 is 1.40 bits per heavy atom. The molecule has 1 heterocycles. The van der Waals surface area contributed by atoms with E-state index in [9.17, 15) is 4.39 Å². The minimum atomic E-state index is -0.175. The Labute approximate surface area is 88.3 Å². The van der Waals surface area contributed by atoms with Crippen LogP contribution in [0, 0.1) is 5.82 Å². The summed E-state index contributed by atoms with van der Waals surface area (Å²) in [6.07, 6.45) is 0. The maximum Gasteiger partial charge on any atom is 0.132 e. The van der Waals surface area contributed by atoms with Gasteiger partial charge >= 0.3 is 0 Å². The zero-order valence-corrected chi connectivity index (χ0v) is 8.96. The lowest BCUT2D eigenvalue weighted by atomic mass is 10.2. The number of hydrogen-bond acceptors (Lipinski definition) is 1. The van der Waals surface area contributed by atoms with E-state index in [0.717, 1.165) is 11.2 Å². The van der Waals surface area contributed by atoms with Gasteiger partial charge in [0.1, 0.15) is 5.82 Å². The highest BCUT2D eigenvalue weighted by Gasteiger charge is 2.08. The molecule has 0 saturated heterocycles. The highest BCUT2D eigenvalue weighted by atomic mass is 19.1. The molecule has 0 aliphatic carbocycles. The molecule has 2 aromatic rings. The molecule has 0 fully saturated rings. The van der Waals surface area contributed by atoms with Crippen LogP contribution in [0.2, 0.25) is 0 Å². The van der Waals surface area contributed by atoms with Crippen molar-refractivity contribution in [2.24, 2.45) is 7.05 Å². The van der Waals surface area contributed by atoms with Crippen molar-refractivity contribution in [2.75, 3.05) is 6.61 Å². The van der Waals surface area contributed by atoms with Crippen molar-refractivity contribution in [3.63, 3.8) is 0 Å². The van der Waals surface area contributed by atoms with Crippen molar-refractivity contribution >= 4 is 10.9 Å². The number of hydrogen-bond donors (Lipinski definition) is 0. The standard InChI is InChI=1S/C12H14FNO/c1-3-15-8-9-7-10-11(13)5-4-6-12(10)14(9)2/h4-7H,3,8H2,1-2H3. The van der Waals surface area contributed by atoms with E-state index in [1.54, 1.807) is 6.07 Å². The Bertz CT molecular complexity index is 476. The van der Waals surface area contributed by atoms with Crippen LogP contribution < -0.4 is 0 Å². The maximum atomic E-state index is 13.4. The SMILES string of the molecule is CCOCc1cc2c(F)cccc2n1C. The van der Waals surface area contributed by atoms with Crippen molar-refractivity contribution in [1.82, 2.24) is 4.57 Å². The van der Waals surface area contributed by atoms with Crippen LogP contribution in [0.5, 0.6) is 0 Å². The van der Waals surface area contributed by atoms with E-state index in [4.69, 9.17) is 4.74 Å². The molecule has 0 bridgehead atoms. The molecular formula is C12H14FNO. The first-order valence-corrected chi connectivity index (χ1v) is 5.04. The molecule has 1 aromatic heterocycles. The van der Waals surface area contributed by atoms with Crippen LogP contribution in [0.25, 0.3) is 10.9 Å². The lowest BCUT2D eigenvalue weighted by Gasteiger charge is -2.03. The number of halogens is 1. The molecule has 15 heavy (non-hydrogen) atoms. The van der Waals surface area contributed by atoms with E-state index in [1.165, 1.54) is 6.07 Å². The van der Waals surface area contributed by atoms with Gasteiger partial charge in [0.25, 0.3) is 0 Å². The molecule has 0 unspecified atom stereocenters. The molecule has 2 rings (SSSR count). The third-order valence-electron chi connectivity index (χ3n) is 2.59. The van der Waals surface area contributed by atoms with E-state index in [0.29, 0.717) is 18.6 Å². The normalized spacial score (nSPS) is 11.1. The molecule has 0 aliphatic heterocycles. The van der Waals surface area contributed by atoms with Crippen molar-refractivity contribution in [1.29, 1.82) is 0 Å². The Balaban J connectivity index is 2.49. The van der Waals surface area contributed by atoms with Crippen LogP contribution in [0.4, 0.5) is 4.39 Å². The van der Waals surface area contributed by atoms with Gasteiger partial charge in [-0.3, -0.25) is 0 Å². The van der Waals surface area contributed by atoms with Crippen molar-refractivity contribution in [3.8, 4) is 0 Å². The number of fused-ring (bicyclic) bond motifs is 1. The van der Waals surface area contributed by atoms with Gasteiger partial charge in [-0.25, -0.2) is 4.39 Å². The van der Waals surface area contributed by atoms with Crippen LogP contribution in [0.15, 0.2) is 24.3 Å². The first kappa shape index (κ1) is 10.2. The van der Waals surface area contributed by atoms with Gasteiger partial charge in [0.2, 0.25) is 0 Å². The second-order valence-corrected chi connectivity index (χ2v) is 3.50. The molecule has 0 saturated carbocycles. The van der Waals surface area contributed by atoms with Gasteiger partial charge in [0.05, 0.1) is 12.1 Å². The van der Waals surface area contributed by atoms with E-state index in [2.05, 4.69) is 0 Å². The maximum absolute atomic E-state index is 13.4. The van der Waals surface area contributed by atoms with E-state index in [-0.39, 0.29) is 5.82 Å². The summed E-state index contributed by atoms with van der Waals surface area (Å²) < 4.78 is 20.7. The zero-order valence-electron chi connectivity index (χ0n) is 8.96. The van der Waals surface area contributed by atoms with Gasteiger partial charge in [-0.15, -0.1) is 0 Å². The summed E-state index contributed by atoms with van der Waals surface area (Å²) in [5, 5.41) is 0.662. The predicted octanol–water partition coefficient (Wildman–Crippen LogP) is 2.85. The van der Waals surface area contributed by atoms with Gasteiger partial charge in [0, 0.05) is 24.7 Å². The highest BCUT2D eigenvalue weighted by Crippen LogP contribution is 2.21. The quantitative estimate of drug-likeness (QED) is 0.754. The summed E-state index contributed by atoms with van der Waals surface area (Å²) in [6.45, 7) is 3.15. The number of aryl methyl sites for hydroxylation is 1. The fourth-order valence-corrected chi connectivity index (χ4v) is 1.72. The first-order chi connectivity index (χ1) is 7.24. The molecule has 0 aliphatic rings. The van der Waals surface area contributed by atoms with Crippen LogP contribution >= 0.6 is 0 Å². The molecule has 0 spiro atoms. The molecular weight excluding hydrogens is 193 g/mol. The largest absolute Gasteiger partial charge is 0.376 e. The molecule has 0 amide bonds. The third-order valence-corrected chi connectivity index (χ3v) is 2.59. The second kappa shape index (κ2) is 4.03. The fraction of sp³-hybridized carbons (Fsp3) is 0.333. The molecule has 3 heteroatoms.